The minimum Gasteiger partial charge on any atom is -0.392 e. The Bertz CT molecular complexity index is 434. The van der Waals surface area contributed by atoms with Gasteiger partial charge in [0.25, 0.3) is 0 Å². The Balaban J connectivity index is 2.14. The van der Waals surface area contributed by atoms with Crippen molar-refractivity contribution in [3.8, 4) is 0 Å². The van der Waals surface area contributed by atoms with Crippen LogP contribution in [0.4, 0.5) is 5.69 Å². The predicted molar refractivity (Wildman–Crippen MR) is 80.9 cm³/mol. The zero-order valence-corrected chi connectivity index (χ0v) is 12.7. The fourth-order valence-corrected chi connectivity index (χ4v) is 2.96. The number of hydrogen-bond acceptors (Lipinski definition) is 3. The molecule has 1 heterocycles. The highest BCUT2D eigenvalue weighted by atomic mass is 35.5. The molecule has 0 amide bonds. The van der Waals surface area contributed by atoms with Crippen LogP contribution in [0, 0.1) is 0 Å². The van der Waals surface area contributed by atoms with Crippen LogP contribution in [-0.2, 0) is 6.61 Å². The summed E-state index contributed by atoms with van der Waals surface area (Å²) in [5.74, 6) is 0. The van der Waals surface area contributed by atoms with Crippen LogP contribution in [0.2, 0.25) is 5.02 Å². The molecule has 19 heavy (non-hydrogen) atoms. The highest BCUT2D eigenvalue weighted by Crippen LogP contribution is 2.31. The smallest absolute Gasteiger partial charge is 0.0702 e. The van der Waals surface area contributed by atoms with Crippen LogP contribution in [0.3, 0.4) is 0 Å². The standard InChI is InChI=1S/C15H23ClN2O/c1-15(2,3)18-9-7-17(8-10-18)14-12(11-19)5-4-6-13(14)16/h4-6,19H,7-11H2,1-3H3. The Kier molecular flexibility index (Phi) is 4.39. The summed E-state index contributed by atoms with van der Waals surface area (Å²) < 4.78 is 0. The van der Waals surface area contributed by atoms with Crippen LogP contribution in [0.1, 0.15) is 26.3 Å². The molecule has 0 spiro atoms. The molecule has 1 N–H and O–H groups in total. The Morgan fingerprint density at radius 1 is 1.16 bits per heavy atom. The first kappa shape index (κ1) is 14.6. The monoisotopic (exact) mass is 282 g/mol. The van der Waals surface area contributed by atoms with Crippen molar-refractivity contribution in [2.75, 3.05) is 31.1 Å². The van der Waals surface area contributed by atoms with Crippen molar-refractivity contribution in [2.45, 2.75) is 32.9 Å². The van der Waals surface area contributed by atoms with Crippen molar-refractivity contribution in [3.05, 3.63) is 28.8 Å². The fourth-order valence-electron chi connectivity index (χ4n) is 2.64. The van der Waals surface area contributed by atoms with E-state index in [0.717, 1.165) is 42.5 Å². The summed E-state index contributed by atoms with van der Waals surface area (Å²) in [4.78, 5) is 4.77. The molecule has 0 atom stereocenters. The molecule has 2 rings (SSSR count). The number of halogens is 1. The van der Waals surface area contributed by atoms with Crippen LogP contribution in [0.15, 0.2) is 18.2 Å². The number of nitrogens with zero attached hydrogens (tertiary/aromatic N) is 2. The molecule has 3 nitrogen and oxygen atoms in total. The van der Waals surface area contributed by atoms with Crippen molar-refractivity contribution in [1.29, 1.82) is 0 Å². The first-order valence-electron chi connectivity index (χ1n) is 6.81. The van der Waals surface area contributed by atoms with Gasteiger partial charge in [0, 0.05) is 37.3 Å². The summed E-state index contributed by atoms with van der Waals surface area (Å²) >= 11 is 6.30. The zero-order valence-electron chi connectivity index (χ0n) is 12.0. The van der Waals surface area contributed by atoms with E-state index in [1.807, 2.05) is 18.2 Å². The third-order valence-corrected chi connectivity index (χ3v) is 4.09. The fraction of sp³-hybridized carbons (Fsp3) is 0.600. The lowest BCUT2D eigenvalue weighted by atomic mass is 10.0. The molecule has 1 fully saturated rings. The molecular formula is C15H23ClN2O. The van der Waals surface area contributed by atoms with Gasteiger partial charge in [0.2, 0.25) is 0 Å². The van der Waals surface area contributed by atoms with Gasteiger partial charge in [0.05, 0.1) is 17.3 Å². The number of rotatable bonds is 2. The van der Waals surface area contributed by atoms with E-state index in [0.29, 0.717) is 0 Å². The molecule has 1 saturated heterocycles. The maximum Gasteiger partial charge on any atom is 0.0702 e. The summed E-state index contributed by atoms with van der Waals surface area (Å²) in [6.45, 7) is 10.7. The maximum atomic E-state index is 9.46. The summed E-state index contributed by atoms with van der Waals surface area (Å²) in [5.41, 5.74) is 2.13. The van der Waals surface area contributed by atoms with E-state index < -0.39 is 0 Å². The SMILES string of the molecule is CC(C)(C)N1CCN(c2c(Cl)cccc2CO)CC1. The highest BCUT2D eigenvalue weighted by molar-refractivity contribution is 6.33. The van der Waals surface area contributed by atoms with Gasteiger partial charge in [-0.05, 0) is 26.8 Å². The quantitative estimate of drug-likeness (QED) is 0.904. The van der Waals surface area contributed by atoms with Crippen LogP contribution >= 0.6 is 11.6 Å². The van der Waals surface area contributed by atoms with E-state index in [9.17, 15) is 5.11 Å². The van der Waals surface area contributed by atoms with Crippen molar-refractivity contribution in [2.24, 2.45) is 0 Å². The van der Waals surface area contributed by atoms with Gasteiger partial charge < -0.3 is 10.0 Å². The van der Waals surface area contributed by atoms with Gasteiger partial charge in [0.15, 0.2) is 0 Å². The molecule has 1 aliphatic rings. The Labute approximate surface area is 120 Å². The number of para-hydroxylation sites is 1. The van der Waals surface area contributed by atoms with Gasteiger partial charge in [-0.15, -0.1) is 0 Å². The average molecular weight is 283 g/mol. The summed E-state index contributed by atoms with van der Waals surface area (Å²) in [6.07, 6.45) is 0. The van der Waals surface area contributed by atoms with Crippen molar-refractivity contribution >= 4 is 17.3 Å². The van der Waals surface area contributed by atoms with E-state index in [2.05, 4.69) is 30.6 Å². The van der Waals surface area contributed by atoms with Gasteiger partial charge in [-0.25, -0.2) is 0 Å². The maximum absolute atomic E-state index is 9.46. The first-order chi connectivity index (χ1) is 8.93. The molecule has 4 heteroatoms. The molecule has 0 aliphatic carbocycles. The normalized spacial score (nSPS) is 17.8. The van der Waals surface area contributed by atoms with Gasteiger partial charge in [-0.3, -0.25) is 4.90 Å². The van der Waals surface area contributed by atoms with E-state index in [1.165, 1.54) is 0 Å². The largest absolute Gasteiger partial charge is 0.392 e. The Hall–Kier alpha value is -0.770. The lowest BCUT2D eigenvalue weighted by Gasteiger charge is -2.43. The lowest BCUT2D eigenvalue weighted by molar-refractivity contribution is 0.128. The predicted octanol–water partition coefficient (Wildman–Crippen LogP) is 2.75. The number of aliphatic hydroxyl groups excluding tert-OH is 1. The molecule has 1 aliphatic heterocycles. The molecule has 0 aromatic heterocycles. The van der Waals surface area contributed by atoms with Gasteiger partial charge in [0.1, 0.15) is 0 Å². The van der Waals surface area contributed by atoms with Crippen LogP contribution in [0.5, 0.6) is 0 Å². The molecule has 1 aromatic rings. The third-order valence-electron chi connectivity index (χ3n) is 3.79. The Morgan fingerprint density at radius 2 is 1.79 bits per heavy atom. The van der Waals surface area contributed by atoms with Gasteiger partial charge in [-0.2, -0.15) is 0 Å². The van der Waals surface area contributed by atoms with Gasteiger partial charge in [-0.1, -0.05) is 23.7 Å². The molecule has 0 bridgehead atoms. The highest BCUT2D eigenvalue weighted by Gasteiger charge is 2.27. The lowest BCUT2D eigenvalue weighted by Crippen LogP contribution is -2.53. The number of anilines is 1. The molecule has 0 radical (unpaired) electrons. The van der Waals surface area contributed by atoms with E-state index in [1.54, 1.807) is 0 Å². The second-order valence-electron chi connectivity index (χ2n) is 6.05. The molecule has 0 saturated carbocycles. The second kappa shape index (κ2) is 5.70. The summed E-state index contributed by atoms with van der Waals surface area (Å²) in [6, 6.07) is 5.73. The number of benzene rings is 1. The number of piperazine rings is 1. The molecule has 106 valence electrons. The average Bonchev–Trinajstić information content (AvgIpc) is 2.37. The topological polar surface area (TPSA) is 26.7 Å². The van der Waals surface area contributed by atoms with Crippen molar-refractivity contribution in [1.82, 2.24) is 4.90 Å². The van der Waals surface area contributed by atoms with Crippen molar-refractivity contribution in [3.63, 3.8) is 0 Å². The van der Waals surface area contributed by atoms with Crippen molar-refractivity contribution < 1.29 is 5.11 Å². The van der Waals surface area contributed by atoms with Crippen LogP contribution < -0.4 is 4.90 Å². The molecular weight excluding hydrogens is 260 g/mol. The Morgan fingerprint density at radius 3 is 2.32 bits per heavy atom. The van der Waals surface area contributed by atoms with E-state index in [-0.39, 0.29) is 12.1 Å². The minimum atomic E-state index is 0.0371. The number of aliphatic hydroxyl groups is 1. The second-order valence-corrected chi connectivity index (χ2v) is 6.46. The van der Waals surface area contributed by atoms with Crippen LogP contribution in [-0.4, -0.2) is 41.7 Å². The zero-order chi connectivity index (χ0) is 14.0. The summed E-state index contributed by atoms with van der Waals surface area (Å²) in [7, 11) is 0. The molecule has 0 unspecified atom stereocenters. The third kappa shape index (κ3) is 3.22. The number of hydrogen-bond donors (Lipinski definition) is 1. The van der Waals surface area contributed by atoms with E-state index >= 15 is 0 Å². The molecule has 1 aromatic carbocycles. The van der Waals surface area contributed by atoms with E-state index in [4.69, 9.17) is 11.6 Å². The first-order valence-corrected chi connectivity index (χ1v) is 7.19. The summed E-state index contributed by atoms with van der Waals surface area (Å²) in [5, 5.41) is 10.2. The minimum absolute atomic E-state index is 0.0371. The van der Waals surface area contributed by atoms with Crippen LogP contribution in [0.25, 0.3) is 0 Å². The van der Waals surface area contributed by atoms with Gasteiger partial charge >= 0.3 is 0 Å².